The quantitative estimate of drug-likeness (QED) is 0.153. The third-order valence-electron chi connectivity index (χ3n) is 7.22. The van der Waals surface area contributed by atoms with E-state index in [4.69, 9.17) is 9.47 Å². The highest BCUT2D eigenvalue weighted by molar-refractivity contribution is 6.37. The van der Waals surface area contributed by atoms with Crippen LogP contribution in [-0.2, 0) is 20.9 Å². The van der Waals surface area contributed by atoms with Crippen LogP contribution < -0.4 is 10.1 Å². The minimum Gasteiger partial charge on any atom is -0.508 e. The highest BCUT2D eigenvalue weighted by Gasteiger charge is 2.20. The second kappa shape index (κ2) is 15.9. The molecule has 0 atom stereocenters. The Labute approximate surface area is 248 Å². The van der Waals surface area contributed by atoms with Gasteiger partial charge >= 0.3 is 11.9 Å². The Balaban J connectivity index is 1.80. The molecule has 8 heteroatoms. The van der Waals surface area contributed by atoms with E-state index in [9.17, 15) is 19.1 Å². The van der Waals surface area contributed by atoms with Crippen LogP contribution in [0.5, 0.6) is 17.2 Å². The van der Waals surface area contributed by atoms with Crippen LogP contribution in [0.25, 0.3) is 0 Å². The third kappa shape index (κ3) is 9.87. The number of esters is 1. The number of halogens is 1. The number of benzene rings is 2. The van der Waals surface area contributed by atoms with E-state index in [-0.39, 0.29) is 18.2 Å². The van der Waals surface area contributed by atoms with Crippen molar-refractivity contribution in [2.45, 2.75) is 66.3 Å². The predicted octanol–water partition coefficient (Wildman–Crippen LogP) is 7.67. The van der Waals surface area contributed by atoms with Crippen LogP contribution in [0.15, 0.2) is 66.5 Å². The van der Waals surface area contributed by atoms with Crippen molar-refractivity contribution in [3.05, 3.63) is 83.2 Å². The molecule has 42 heavy (non-hydrogen) atoms. The number of hydrogen-bond donors (Lipinski definition) is 2. The first kappa shape index (κ1) is 32.6. The summed E-state index contributed by atoms with van der Waals surface area (Å²) >= 11 is 0. The molecule has 0 aliphatic heterocycles. The number of anilines is 1. The molecule has 0 heterocycles. The molecule has 0 aromatic heterocycles. The molecule has 0 unspecified atom stereocenters. The molecule has 1 saturated carbocycles. The highest BCUT2D eigenvalue weighted by atomic mass is 19.1. The molecule has 3 rings (SSSR count). The summed E-state index contributed by atoms with van der Waals surface area (Å²) in [4.78, 5) is 26.0. The molecule has 2 aromatic rings. The fourth-order valence-corrected chi connectivity index (χ4v) is 5.39. The van der Waals surface area contributed by atoms with Gasteiger partial charge in [0.05, 0.1) is 6.61 Å². The number of carbonyl (C=O) groups is 2. The Bertz CT molecular complexity index is 1300. The standard InChI is InChI=1S/C34H43FN2O5/c1-6-11-28(35)16-23(3)20-37(21-26-12-9-8-10-13-26)22-27-19-30(14-15-31(27)38)42-32-24(4)17-29(18-25(32)5)36-33(39)34(40)41-7-2/h6,11,14-19,26,38H,1,7-10,12-13,20-22H2,2-5H3,(H,36,39)/b23-16+,28-11+. The number of rotatable bonds is 12. The fourth-order valence-electron chi connectivity index (χ4n) is 5.39. The summed E-state index contributed by atoms with van der Waals surface area (Å²) in [7, 11) is 0. The Morgan fingerprint density at radius 1 is 1.14 bits per heavy atom. The number of hydrogen-bond acceptors (Lipinski definition) is 6. The van der Waals surface area contributed by atoms with Crippen LogP contribution in [0.4, 0.5) is 10.1 Å². The Kier molecular flexibility index (Phi) is 12.4. The van der Waals surface area contributed by atoms with Crippen molar-refractivity contribution in [2.24, 2.45) is 5.92 Å². The molecule has 2 N–H and O–H groups in total. The summed E-state index contributed by atoms with van der Waals surface area (Å²) < 4.78 is 25.1. The smallest absolute Gasteiger partial charge is 0.397 e. The molecular weight excluding hydrogens is 535 g/mol. The van der Waals surface area contributed by atoms with Crippen LogP contribution in [0.3, 0.4) is 0 Å². The normalized spacial score (nSPS) is 14.5. The lowest BCUT2D eigenvalue weighted by molar-refractivity contribution is -0.152. The van der Waals surface area contributed by atoms with Gasteiger partial charge in [0.2, 0.25) is 0 Å². The molecular formula is C34H43FN2O5. The van der Waals surface area contributed by atoms with Gasteiger partial charge in [-0.1, -0.05) is 37.5 Å². The first-order valence-electron chi connectivity index (χ1n) is 14.6. The van der Waals surface area contributed by atoms with E-state index in [2.05, 4.69) is 16.8 Å². The van der Waals surface area contributed by atoms with Crippen molar-refractivity contribution in [3.8, 4) is 17.2 Å². The van der Waals surface area contributed by atoms with E-state index >= 15 is 0 Å². The summed E-state index contributed by atoms with van der Waals surface area (Å²) in [5.74, 6) is -0.211. The van der Waals surface area contributed by atoms with Crippen molar-refractivity contribution in [2.75, 3.05) is 25.0 Å². The minimum absolute atomic E-state index is 0.117. The van der Waals surface area contributed by atoms with Gasteiger partial charge in [-0.2, -0.15) is 0 Å². The minimum atomic E-state index is -0.939. The van der Waals surface area contributed by atoms with Gasteiger partial charge in [-0.3, -0.25) is 9.69 Å². The lowest BCUT2D eigenvalue weighted by Crippen LogP contribution is -2.31. The Hall–Kier alpha value is -3.91. The summed E-state index contributed by atoms with van der Waals surface area (Å²) in [5, 5.41) is 13.3. The van der Waals surface area contributed by atoms with E-state index in [1.165, 1.54) is 50.3 Å². The molecule has 2 aromatic carbocycles. The number of phenolic OH excluding ortho intramolecular Hbond substituents is 1. The fraction of sp³-hybridized carbons (Fsp3) is 0.412. The maximum Gasteiger partial charge on any atom is 0.397 e. The van der Waals surface area contributed by atoms with Gasteiger partial charge in [-0.25, -0.2) is 9.18 Å². The topological polar surface area (TPSA) is 88.1 Å². The first-order chi connectivity index (χ1) is 20.1. The number of phenols is 1. The monoisotopic (exact) mass is 578 g/mol. The van der Waals surface area contributed by atoms with Gasteiger partial charge < -0.3 is 19.9 Å². The van der Waals surface area contributed by atoms with Gasteiger partial charge in [0.15, 0.2) is 0 Å². The van der Waals surface area contributed by atoms with Gasteiger partial charge in [-0.05, 0) is 100 Å². The number of nitrogens with zero attached hydrogens (tertiary/aromatic N) is 1. The zero-order valence-electron chi connectivity index (χ0n) is 25.2. The average molecular weight is 579 g/mol. The number of allylic oxidation sites excluding steroid dienone is 4. The van der Waals surface area contributed by atoms with Gasteiger partial charge in [0, 0.05) is 30.9 Å². The molecule has 7 nitrogen and oxygen atoms in total. The van der Waals surface area contributed by atoms with Crippen LogP contribution in [0, 0.1) is 19.8 Å². The molecule has 226 valence electrons. The van der Waals surface area contributed by atoms with Crippen molar-refractivity contribution in [1.82, 2.24) is 4.90 Å². The zero-order chi connectivity index (χ0) is 30.6. The van der Waals surface area contributed by atoms with Gasteiger partial charge in [0.1, 0.15) is 23.1 Å². The maximum atomic E-state index is 14.1. The average Bonchev–Trinajstić information content (AvgIpc) is 2.93. The third-order valence-corrected chi connectivity index (χ3v) is 7.22. The molecule has 1 aliphatic carbocycles. The van der Waals surface area contributed by atoms with Crippen LogP contribution in [0.2, 0.25) is 0 Å². The lowest BCUT2D eigenvalue weighted by atomic mass is 9.88. The summed E-state index contributed by atoms with van der Waals surface area (Å²) in [5.41, 5.74) is 3.58. The number of carbonyl (C=O) groups excluding carboxylic acids is 2. The molecule has 0 spiro atoms. The Morgan fingerprint density at radius 3 is 2.48 bits per heavy atom. The molecule has 0 bridgehead atoms. The first-order valence-corrected chi connectivity index (χ1v) is 14.6. The van der Waals surface area contributed by atoms with Crippen LogP contribution >= 0.6 is 0 Å². The number of amides is 1. The molecule has 1 amide bonds. The zero-order valence-corrected chi connectivity index (χ0v) is 25.2. The van der Waals surface area contributed by atoms with Crippen molar-refractivity contribution >= 4 is 17.6 Å². The largest absolute Gasteiger partial charge is 0.508 e. The number of ether oxygens (including phenoxy) is 2. The summed E-state index contributed by atoms with van der Waals surface area (Å²) in [6.45, 7) is 12.8. The molecule has 1 aliphatic rings. The number of aromatic hydroxyl groups is 1. The van der Waals surface area contributed by atoms with Gasteiger partial charge in [0.25, 0.3) is 0 Å². The number of nitrogens with one attached hydrogen (secondary N) is 1. The molecule has 0 saturated heterocycles. The van der Waals surface area contributed by atoms with Crippen molar-refractivity contribution < 1.29 is 28.6 Å². The maximum absolute atomic E-state index is 14.1. The van der Waals surface area contributed by atoms with E-state index < -0.39 is 11.9 Å². The van der Waals surface area contributed by atoms with Crippen LogP contribution in [0.1, 0.15) is 62.6 Å². The predicted molar refractivity (Wildman–Crippen MR) is 164 cm³/mol. The highest BCUT2D eigenvalue weighted by Crippen LogP contribution is 2.34. The lowest BCUT2D eigenvalue weighted by Gasteiger charge is -2.30. The SMILES string of the molecule is C=C/C=C(F)\C=C(/C)CN(Cc1cc(Oc2c(C)cc(NC(=O)C(=O)OCC)cc2C)ccc1O)CC1CCCCC1. The van der Waals surface area contributed by atoms with Gasteiger partial charge in [-0.15, -0.1) is 0 Å². The Morgan fingerprint density at radius 2 is 1.83 bits per heavy atom. The number of aryl methyl sites for hydroxylation is 2. The van der Waals surface area contributed by atoms with Crippen molar-refractivity contribution in [3.63, 3.8) is 0 Å². The van der Waals surface area contributed by atoms with E-state index in [1.807, 2.05) is 26.8 Å². The second-order valence-corrected chi connectivity index (χ2v) is 11.0. The molecule has 0 radical (unpaired) electrons. The van der Waals surface area contributed by atoms with Crippen LogP contribution in [-0.4, -0.2) is 41.6 Å². The van der Waals surface area contributed by atoms with E-state index in [0.29, 0.717) is 41.8 Å². The van der Waals surface area contributed by atoms with E-state index in [1.54, 1.807) is 31.2 Å². The molecule has 1 fully saturated rings. The summed E-state index contributed by atoms with van der Waals surface area (Å²) in [6.07, 6.45) is 10.4. The van der Waals surface area contributed by atoms with Crippen molar-refractivity contribution in [1.29, 1.82) is 0 Å². The summed E-state index contributed by atoms with van der Waals surface area (Å²) in [6, 6.07) is 8.61. The second-order valence-electron chi connectivity index (χ2n) is 11.0. The van der Waals surface area contributed by atoms with E-state index in [0.717, 1.165) is 23.2 Å².